The largest absolute Gasteiger partial charge is 0.414 e. The number of aryl methyl sites for hydroxylation is 1. The highest BCUT2D eigenvalue weighted by molar-refractivity contribution is 7.95. The molecule has 12 nitrogen and oxygen atoms in total. The monoisotopic (exact) mass is 1110 g/mol. The Morgan fingerprint density at radius 3 is 1.96 bits per heavy atom. The highest BCUT2D eigenvalue weighted by Gasteiger charge is 2.51. The number of unbranched alkanes of at least 4 members (excludes halogenated alkanes) is 1. The molecule has 1 aromatic carbocycles. The van der Waals surface area contributed by atoms with Crippen LogP contribution in [-0.2, 0) is 49.1 Å². The summed E-state index contributed by atoms with van der Waals surface area (Å²) in [6.07, 6.45) is 12.3. The summed E-state index contributed by atoms with van der Waals surface area (Å²) in [5.74, 6) is 0.162. The van der Waals surface area contributed by atoms with Crippen molar-refractivity contribution >= 4 is 68.0 Å². The fourth-order valence-corrected chi connectivity index (χ4v) is 17.9. The number of sulfone groups is 1. The average Bonchev–Trinajstić information content (AvgIpc) is 3.84. The van der Waals surface area contributed by atoms with Crippen molar-refractivity contribution < 1.29 is 39.7 Å². The number of nitrogens with one attached hydrogen (secondary N) is 1. The molecule has 1 aliphatic carbocycles. The number of rotatable bonds is 24. The molecule has 1 saturated carbocycles. The number of hydrogen-bond acceptors (Lipinski definition) is 10. The summed E-state index contributed by atoms with van der Waals surface area (Å²) in [4.78, 5) is 28.2. The summed E-state index contributed by atoms with van der Waals surface area (Å²) in [5.41, 5.74) is 1.62. The van der Waals surface area contributed by atoms with E-state index in [-0.39, 0.29) is 91.1 Å². The van der Waals surface area contributed by atoms with Gasteiger partial charge in [-0.1, -0.05) is 105 Å². The Hall–Kier alpha value is -2.01. The fraction of sp³-hybridized carbons (Fsp3) is 0.741. The van der Waals surface area contributed by atoms with Crippen molar-refractivity contribution in [1.29, 1.82) is 0 Å². The predicted octanol–water partition coefficient (Wildman–Crippen LogP) is 12.7. The normalized spacial score (nSPS) is 22.8. The summed E-state index contributed by atoms with van der Waals surface area (Å²) in [5, 5.41) is 7.68. The number of carbonyl (C=O) groups is 2. The Morgan fingerprint density at radius 2 is 1.42 bits per heavy atom. The number of primary sulfonamides is 1. The SMILES string of the molecule is CCN(C(=O)CCNC(=O)CCC/C=C\C[C@H]1C(O[Si](C)(C)C(C)(C)C)CC(O[Si](C)(C)C(C)(C)C)[C@@H]1CC[C@@H](CCc1ccccc1)O[Si](C)(C)C(C)(C)C)[C@H]1C[C@H](C)S(=O)(=O)c2sc(S(N)(=O)=O)cc21. The van der Waals surface area contributed by atoms with Gasteiger partial charge in [-0.25, -0.2) is 22.0 Å². The van der Waals surface area contributed by atoms with Crippen molar-refractivity contribution in [1.82, 2.24) is 10.2 Å². The maximum absolute atomic E-state index is 13.6. The summed E-state index contributed by atoms with van der Waals surface area (Å²) in [6.45, 7) is 38.9. The number of allylic oxidation sites excluding steroid dienone is 2. The highest BCUT2D eigenvalue weighted by atomic mass is 32.3. The Balaban J connectivity index is 1.47. The van der Waals surface area contributed by atoms with Crippen LogP contribution in [0.3, 0.4) is 0 Å². The lowest BCUT2D eigenvalue weighted by Crippen LogP contribution is -2.45. The van der Waals surface area contributed by atoms with Gasteiger partial charge in [-0.05, 0) is 149 Å². The number of hydrogen-bond donors (Lipinski definition) is 2. The van der Waals surface area contributed by atoms with E-state index in [0.717, 1.165) is 44.9 Å². The van der Waals surface area contributed by atoms with Crippen LogP contribution in [0.15, 0.2) is 57.0 Å². The van der Waals surface area contributed by atoms with Crippen LogP contribution < -0.4 is 10.5 Å². The third-order valence-electron chi connectivity index (χ3n) is 16.9. The lowest BCUT2D eigenvalue weighted by molar-refractivity contribution is -0.133. The van der Waals surface area contributed by atoms with E-state index in [2.05, 4.69) is 149 Å². The number of thiophene rings is 1. The Kier molecular flexibility index (Phi) is 21.3. The molecule has 18 heteroatoms. The summed E-state index contributed by atoms with van der Waals surface area (Å²) in [7, 11) is -14.3. The van der Waals surface area contributed by atoms with Gasteiger partial charge in [0.15, 0.2) is 34.8 Å². The molecule has 2 aromatic rings. The standard InChI is InChI=1S/C54H95N3O9S3Si3/c1-18-57(45-36-39(2)68(60,61)51-44(45)37-50(67-51)69(55,62)63)49(59)34-35-56-48(58)29-25-20-19-24-28-42-43(33-32-41(64-70(12,13)52(3,4)5)31-30-40-26-22-21-23-27-40)47(66-72(16,17)54(9,10)11)38-46(42)65-71(14,15)53(6,7)8/h19,21-24,26-27,37,39,41-43,45-47H,18,20,25,28-36,38H2,1-17H3,(H,56,58)(H2,55,62,63)/b24-19-/t39-,41+,42+,43+,45-,46?,47?/m0/s1. The predicted molar refractivity (Wildman–Crippen MR) is 304 cm³/mol. The van der Waals surface area contributed by atoms with Gasteiger partial charge in [-0.15, -0.1) is 11.3 Å². The third kappa shape index (κ3) is 16.3. The van der Waals surface area contributed by atoms with E-state index in [1.165, 1.54) is 11.6 Å². The van der Waals surface area contributed by atoms with Crippen molar-refractivity contribution in [2.75, 3.05) is 13.1 Å². The van der Waals surface area contributed by atoms with Crippen LogP contribution in [0, 0.1) is 11.8 Å². The van der Waals surface area contributed by atoms with Crippen molar-refractivity contribution in [2.24, 2.45) is 17.0 Å². The molecule has 2 aliphatic rings. The molecule has 0 radical (unpaired) electrons. The molecule has 1 aliphatic heterocycles. The highest BCUT2D eigenvalue weighted by Crippen LogP contribution is 2.50. The van der Waals surface area contributed by atoms with Crippen molar-refractivity contribution in [3.8, 4) is 0 Å². The zero-order valence-corrected chi connectivity index (χ0v) is 52.7. The maximum atomic E-state index is 13.6. The number of fused-ring (bicyclic) bond motifs is 1. The summed E-state index contributed by atoms with van der Waals surface area (Å²) in [6, 6.07) is 11.4. The van der Waals surface area contributed by atoms with E-state index < -0.39 is 56.1 Å². The van der Waals surface area contributed by atoms with Crippen molar-refractivity contribution in [3.05, 3.63) is 59.7 Å². The van der Waals surface area contributed by atoms with E-state index in [4.69, 9.17) is 18.4 Å². The van der Waals surface area contributed by atoms with Gasteiger partial charge in [0.05, 0.1) is 23.5 Å². The second kappa shape index (κ2) is 24.5. The number of nitrogens with zero attached hydrogens (tertiary/aromatic N) is 1. The van der Waals surface area contributed by atoms with E-state index in [9.17, 15) is 26.4 Å². The number of amides is 2. The lowest BCUT2D eigenvalue weighted by atomic mass is 9.85. The molecule has 1 fully saturated rings. The molecule has 7 atom stereocenters. The minimum absolute atomic E-state index is 0.0234. The zero-order valence-electron chi connectivity index (χ0n) is 47.3. The van der Waals surface area contributed by atoms with Gasteiger partial charge in [0, 0.05) is 37.6 Å². The molecule has 2 heterocycles. The Bertz CT molecular complexity index is 2370. The van der Waals surface area contributed by atoms with E-state index in [1.807, 2.05) is 0 Å². The smallest absolute Gasteiger partial charge is 0.247 e. The van der Waals surface area contributed by atoms with Crippen molar-refractivity contribution in [3.63, 3.8) is 0 Å². The molecule has 72 heavy (non-hydrogen) atoms. The first kappa shape index (κ1) is 62.5. The second-order valence-corrected chi connectivity index (χ2v) is 45.0. The molecule has 0 bridgehead atoms. The van der Waals surface area contributed by atoms with E-state index >= 15 is 0 Å². The van der Waals surface area contributed by atoms with Crippen LogP contribution in [0.1, 0.15) is 158 Å². The molecular weight excluding hydrogens is 1020 g/mol. The van der Waals surface area contributed by atoms with Gasteiger partial charge in [0.2, 0.25) is 21.8 Å². The molecule has 0 spiro atoms. The quantitative estimate of drug-likeness (QED) is 0.0590. The van der Waals surface area contributed by atoms with E-state index in [0.29, 0.717) is 30.1 Å². The van der Waals surface area contributed by atoms with Crippen LogP contribution in [0.2, 0.25) is 54.4 Å². The molecule has 3 N–H and O–H groups in total. The Morgan fingerprint density at radius 1 is 0.847 bits per heavy atom. The van der Waals surface area contributed by atoms with Gasteiger partial charge in [-0.3, -0.25) is 9.59 Å². The first-order chi connectivity index (χ1) is 32.9. The summed E-state index contributed by atoms with van der Waals surface area (Å²) < 4.78 is 72.6. The molecule has 4 rings (SSSR count). The molecule has 2 unspecified atom stereocenters. The van der Waals surface area contributed by atoms with E-state index in [1.54, 1.807) is 18.7 Å². The third-order valence-corrected chi connectivity index (χ3v) is 35.8. The lowest BCUT2D eigenvalue weighted by Gasteiger charge is -2.41. The zero-order chi connectivity index (χ0) is 54.5. The second-order valence-electron chi connectivity index (χ2n) is 25.3. The van der Waals surface area contributed by atoms with Crippen LogP contribution in [0.25, 0.3) is 0 Å². The topological polar surface area (TPSA) is 171 Å². The first-order valence-electron chi connectivity index (χ1n) is 26.6. The van der Waals surface area contributed by atoms with Crippen LogP contribution in [-0.4, -0.2) is 95.2 Å². The molecule has 1 aromatic heterocycles. The van der Waals surface area contributed by atoms with Crippen LogP contribution >= 0.6 is 11.3 Å². The van der Waals surface area contributed by atoms with Crippen LogP contribution in [0.5, 0.6) is 0 Å². The van der Waals surface area contributed by atoms with Gasteiger partial charge < -0.3 is 23.5 Å². The molecular formula is C54H95N3O9S3Si3. The average molecular weight is 1110 g/mol. The number of benzene rings is 1. The fourth-order valence-electron chi connectivity index (χ4n) is 9.31. The van der Waals surface area contributed by atoms with Gasteiger partial charge >= 0.3 is 0 Å². The summed E-state index contributed by atoms with van der Waals surface area (Å²) >= 11 is 0.635. The van der Waals surface area contributed by atoms with Gasteiger partial charge in [0.25, 0.3) is 0 Å². The molecule has 410 valence electrons. The van der Waals surface area contributed by atoms with Crippen molar-refractivity contribution in [2.45, 2.75) is 239 Å². The minimum atomic E-state index is -4.14. The van der Waals surface area contributed by atoms with Gasteiger partial charge in [-0.2, -0.15) is 0 Å². The molecule has 0 saturated heterocycles. The number of nitrogens with two attached hydrogens (primary N) is 1. The number of carbonyl (C=O) groups excluding carboxylic acids is 2. The van der Waals surface area contributed by atoms with Gasteiger partial charge in [0.1, 0.15) is 8.42 Å². The molecule has 2 amide bonds. The first-order valence-corrected chi connectivity index (χ1v) is 39.3. The maximum Gasteiger partial charge on any atom is 0.247 e. The number of sulfonamides is 1. The van der Waals surface area contributed by atoms with Crippen LogP contribution in [0.4, 0.5) is 0 Å². The minimum Gasteiger partial charge on any atom is -0.414 e. The Labute approximate surface area is 444 Å².